The highest BCUT2D eigenvalue weighted by Gasteiger charge is 2.30. The molecular weight excluding hydrogens is 260 g/mol. The molecule has 118 valence electrons. The van der Waals surface area contributed by atoms with Gasteiger partial charge in [0.2, 0.25) is 0 Å². The Balaban J connectivity index is 2.05. The molecule has 0 bridgehead atoms. The quantitative estimate of drug-likeness (QED) is 0.794. The van der Waals surface area contributed by atoms with E-state index in [2.05, 4.69) is 56.2 Å². The Labute approximate surface area is 129 Å². The summed E-state index contributed by atoms with van der Waals surface area (Å²) < 4.78 is 5.54. The summed E-state index contributed by atoms with van der Waals surface area (Å²) in [6, 6.07) is 7.70. The second-order valence-corrected chi connectivity index (χ2v) is 6.67. The standard InChI is InChI=1S/C18H30N2O/c1-13(2)19-11-15-6-9-18(21-5)17(10-15)12-20(4)14(3)16-7-8-16/h6,9-10,13-14,16,19H,7-8,11-12H2,1-5H3. The molecule has 1 aliphatic rings. The van der Waals surface area contributed by atoms with Gasteiger partial charge in [-0.1, -0.05) is 19.9 Å². The van der Waals surface area contributed by atoms with Crippen LogP contribution >= 0.6 is 0 Å². The second-order valence-electron chi connectivity index (χ2n) is 6.67. The summed E-state index contributed by atoms with van der Waals surface area (Å²) in [4.78, 5) is 2.45. The van der Waals surface area contributed by atoms with E-state index in [1.807, 2.05) is 0 Å². The molecule has 3 nitrogen and oxygen atoms in total. The van der Waals surface area contributed by atoms with Gasteiger partial charge in [-0.15, -0.1) is 0 Å². The summed E-state index contributed by atoms with van der Waals surface area (Å²) in [7, 11) is 3.98. The zero-order chi connectivity index (χ0) is 15.4. The van der Waals surface area contributed by atoms with Crippen LogP contribution in [-0.4, -0.2) is 31.1 Å². The molecule has 0 heterocycles. The Kier molecular flexibility index (Phi) is 5.65. The summed E-state index contributed by atoms with van der Waals surface area (Å²) in [5.41, 5.74) is 2.61. The van der Waals surface area contributed by atoms with E-state index in [1.165, 1.54) is 24.0 Å². The zero-order valence-corrected chi connectivity index (χ0v) is 14.1. The molecule has 1 unspecified atom stereocenters. The van der Waals surface area contributed by atoms with Crippen LogP contribution in [0.5, 0.6) is 5.75 Å². The fraction of sp³-hybridized carbons (Fsp3) is 0.667. The van der Waals surface area contributed by atoms with Gasteiger partial charge in [-0.25, -0.2) is 0 Å². The van der Waals surface area contributed by atoms with E-state index >= 15 is 0 Å². The fourth-order valence-corrected chi connectivity index (χ4v) is 2.74. The molecule has 1 atom stereocenters. The molecule has 1 saturated carbocycles. The van der Waals surface area contributed by atoms with Gasteiger partial charge in [0.1, 0.15) is 5.75 Å². The summed E-state index contributed by atoms with van der Waals surface area (Å²) >= 11 is 0. The molecule has 0 aliphatic heterocycles. The minimum absolute atomic E-state index is 0.508. The van der Waals surface area contributed by atoms with Crippen molar-refractivity contribution in [3.8, 4) is 5.75 Å². The van der Waals surface area contributed by atoms with Gasteiger partial charge in [-0.3, -0.25) is 4.90 Å². The number of hydrogen-bond donors (Lipinski definition) is 1. The topological polar surface area (TPSA) is 24.5 Å². The average Bonchev–Trinajstić information content (AvgIpc) is 3.29. The van der Waals surface area contributed by atoms with Crippen molar-refractivity contribution < 1.29 is 4.74 Å². The second kappa shape index (κ2) is 7.28. The molecule has 21 heavy (non-hydrogen) atoms. The SMILES string of the molecule is COc1ccc(CNC(C)C)cc1CN(C)C(C)C1CC1. The van der Waals surface area contributed by atoms with Gasteiger partial charge in [0.15, 0.2) is 0 Å². The lowest BCUT2D eigenvalue weighted by molar-refractivity contribution is 0.223. The van der Waals surface area contributed by atoms with E-state index in [9.17, 15) is 0 Å². The van der Waals surface area contributed by atoms with E-state index in [1.54, 1.807) is 7.11 Å². The molecule has 1 aromatic carbocycles. The summed E-state index contributed by atoms with van der Waals surface area (Å²) in [5, 5.41) is 3.48. The summed E-state index contributed by atoms with van der Waals surface area (Å²) in [6.45, 7) is 8.56. The third-order valence-corrected chi connectivity index (χ3v) is 4.48. The predicted molar refractivity (Wildman–Crippen MR) is 88.6 cm³/mol. The molecule has 0 amide bonds. The lowest BCUT2D eigenvalue weighted by atomic mass is 10.1. The average molecular weight is 290 g/mol. The number of nitrogens with zero attached hydrogens (tertiary/aromatic N) is 1. The molecule has 0 saturated heterocycles. The van der Waals surface area contributed by atoms with Gasteiger partial charge in [-0.05, 0) is 50.4 Å². The van der Waals surface area contributed by atoms with Crippen molar-refractivity contribution in [3.05, 3.63) is 29.3 Å². The Morgan fingerprint density at radius 3 is 2.57 bits per heavy atom. The van der Waals surface area contributed by atoms with Gasteiger partial charge < -0.3 is 10.1 Å². The molecule has 1 aliphatic carbocycles. The third-order valence-electron chi connectivity index (χ3n) is 4.48. The Bertz CT molecular complexity index is 455. The van der Waals surface area contributed by atoms with Crippen molar-refractivity contribution in [2.45, 2.75) is 58.8 Å². The monoisotopic (exact) mass is 290 g/mol. The van der Waals surface area contributed by atoms with Gasteiger partial charge in [0.05, 0.1) is 7.11 Å². The summed E-state index contributed by atoms with van der Waals surface area (Å²) in [5.74, 6) is 1.89. The largest absolute Gasteiger partial charge is 0.496 e. The lowest BCUT2D eigenvalue weighted by Crippen LogP contribution is -2.30. The van der Waals surface area contributed by atoms with E-state index in [-0.39, 0.29) is 0 Å². The maximum absolute atomic E-state index is 5.54. The molecule has 2 rings (SSSR count). The molecule has 3 heteroatoms. The first-order valence-electron chi connectivity index (χ1n) is 8.10. The molecule has 1 aromatic rings. The van der Waals surface area contributed by atoms with Crippen LogP contribution in [0.2, 0.25) is 0 Å². The number of methoxy groups -OCH3 is 1. The number of benzene rings is 1. The summed E-state index contributed by atoms with van der Waals surface area (Å²) in [6.07, 6.45) is 2.78. The van der Waals surface area contributed by atoms with Crippen LogP contribution in [0.25, 0.3) is 0 Å². The number of nitrogens with one attached hydrogen (secondary N) is 1. The molecule has 0 spiro atoms. The first-order valence-corrected chi connectivity index (χ1v) is 8.10. The smallest absolute Gasteiger partial charge is 0.123 e. The van der Waals surface area contributed by atoms with Crippen LogP contribution in [0, 0.1) is 5.92 Å². The van der Waals surface area contributed by atoms with Gasteiger partial charge >= 0.3 is 0 Å². The molecule has 0 radical (unpaired) electrons. The molecule has 0 aromatic heterocycles. The number of rotatable bonds is 8. The molecule has 1 N–H and O–H groups in total. The fourth-order valence-electron chi connectivity index (χ4n) is 2.74. The predicted octanol–water partition coefficient (Wildman–Crippen LogP) is 3.42. The maximum atomic E-state index is 5.54. The third kappa shape index (κ3) is 4.72. The number of ether oxygens (including phenoxy) is 1. The highest BCUT2D eigenvalue weighted by atomic mass is 16.5. The van der Waals surface area contributed by atoms with Gasteiger partial charge in [-0.2, -0.15) is 0 Å². The van der Waals surface area contributed by atoms with E-state index in [4.69, 9.17) is 4.74 Å². The van der Waals surface area contributed by atoms with Crippen LogP contribution in [-0.2, 0) is 13.1 Å². The van der Waals surface area contributed by atoms with Crippen LogP contribution in [0.4, 0.5) is 0 Å². The zero-order valence-electron chi connectivity index (χ0n) is 14.1. The van der Waals surface area contributed by atoms with Crippen LogP contribution in [0.15, 0.2) is 18.2 Å². The normalized spacial score (nSPS) is 16.5. The first-order chi connectivity index (χ1) is 10.0. The highest BCUT2D eigenvalue weighted by Crippen LogP contribution is 2.35. The van der Waals surface area contributed by atoms with Crippen LogP contribution in [0.1, 0.15) is 44.7 Å². The Morgan fingerprint density at radius 2 is 2.00 bits per heavy atom. The minimum Gasteiger partial charge on any atom is -0.496 e. The van der Waals surface area contributed by atoms with Crippen molar-refractivity contribution in [1.29, 1.82) is 0 Å². The Hall–Kier alpha value is -1.06. The first kappa shape index (κ1) is 16.3. The number of hydrogen-bond acceptors (Lipinski definition) is 3. The van der Waals surface area contributed by atoms with E-state index in [0.717, 1.165) is 24.8 Å². The van der Waals surface area contributed by atoms with Crippen molar-refractivity contribution in [2.24, 2.45) is 5.92 Å². The van der Waals surface area contributed by atoms with Crippen molar-refractivity contribution >= 4 is 0 Å². The molecule has 1 fully saturated rings. The molecular formula is C18H30N2O. The minimum atomic E-state index is 0.508. The maximum Gasteiger partial charge on any atom is 0.123 e. The van der Waals surface area contributed by atoms with E-state index < -0.39 is 0 Å². The Morgan fingerprint density at radius 1 is 1.29 bits per heavy atom. The van der Waals surface area contributed by atoms with E-state index in [0.29, 0.717) is 12.1 Å². The van der Waals surface area contributed by atoms with Crippen LogP contribution < -0.4 is 10.1 Å². The van der Waals surface area contributed by atoms with Crippen molar-refractivity contribution in [1.82, 2.24) is 10.2 Å². The van der Waals surface area contributed by atoms with Gasteiger partial charge in [0, 0.05) is 30.7 Å². The van der Waals surface area contributed by atoms with Crippen molar-refractivity contribution in [2.75, 3.05) is 14.2 Å². The highest BCUT2D eigenvalue weighted by molar-refractivity contribution is 5.37. The van der Waals surface area contributed by atoms with Gasteiger partial charge in [0.25, 0.3) is 0 Å². The van der Waals surface area contributed by atoms with Crippen LogP contribution in [0.3, 0.4) is 0 Å². The lowest BCUT2D eigenvalue weighted by Gasteiger charge is -2.25. The van der Waals surface area contributed by atoms with Crippen molar-refractivity contribution in [3.63, 3.8) is 0 Å².